The average Bonchev–Trinajstić information content (AvgIpc) is 2.38. The largest absolute Gasteiger partial charge is 0.353 e. The predicted octanol–water partition coefficient (Wildman–Crippen LogP) is 3.04. The van der Waals surface area contributed by atoms with Crippen LogP contribution in [0.25, 0.3) is 0 Å². The van der Waals surface area contributed by atoms with Gasteiger partial charge in [-0.25, -0.2) is 4.39 Å². The summed E-state index contributed by atoms with van der Waals surface area (Å²) in [7, 11) is 0. The van der Waals surface area contributed by atoms with E-state index in [9.17, 15) is 14.4 Å². The van der Waals surface area contributed by atoms with Crippen LogP contribution in [0.1, 0.15) is 25.3 Å². The molecular formula is C15H13FN2OS. The van der Waals surface area contributed by atoms with E-state index in [1.807, 2.05) is 0 Å². The number of thiol groups is 1. The fourth-order valence-electron chi connectivity index (χ4n) is 2.38. The van der Waals surface area contributed by atoms with Gasteiger partial charge in [0.1, 0.15) is 5.82 Å². The smallest absolute Gasteiger partial charge is 0.158 e. The highest BCUT2D eigenvalue weighted by molar-refractivity contribution is 7.84. The number of nitriles is 1. The third kappa shape index (κ3) is 2.47. The van der Waals surface area contributed by atoms with Crippen LogP contribution in [0.5, 0.6) is 0 Å². The molecule has 1 aliphatic rings. The van der Waals surface area contributed by atoms with Crippen LogP contribution >= 0.6 is 12.6 Å². The van der Waals surface area contributed by atoms with Crippen molar-refractivity contribution < 1.29 is 9.18 Å². The molecule has 1 unspecified atom stereocenters. The molecular weight excluding hydrogens is 275 g/mol. The van der Waals surface area contributed by atoms with Crippen LogP contribution in [0, 0.1) is 17.1 Å². The van der Waals surface area contributed by atoms with E-state index >= 15 is 0 Å². The quantitative estimate of drug-likeness (QED) is 0.822. The number of carbonyl (C=O) groups is 1. The van der Waals surface area contributed by atoms with E-state index in [0.29, 0.717) is 27.4 Å². The molecule has 3 nitrogen and oxygen atoms in total. The van der Waals surface area contributed by atoms with Gasteiger partial charge in [0.15, 0.2) is 5.78 Å². The normalized spacial score (nSPS) is 18.6. The van der Waals surface area contributed by atoms with Crippen LogP contribution < -0.4 is 5.32 Å². The maximum atomic E-state index is 13.1. The molecule has 2 rings (SSSR count). The highest BCUT2D eigenvalue weighted by Crippen LogP contribution is 2.38. The molecule has 0 amide bonds. The van der Waals surface area contributed by atoms with Crippen molar-refractivity contribution in [3.05, 3.63) is 57.5 Å². The van der Waals surface area contributed by atoms with Crippen molar-refractivity contribution in [1.82, 2.24) is 5.32 Å². The van der Waals surface area contributed by atoms with Gasteiger partial charge in [-0.2, -0.15) is 5.26 Å². The van der Waals surface area contributed by atoms with Gasteiger partial charge >= 0.3 is 0 Å². The molecule has 0 aromatic heterocycles. The molecule has 0 spiro atoms. The number of hydrogen-bond acceptors (Lipinski definition) is 4. The molecule has 1 heterocycles. The minimum Gasteiger partial charge on any atom is -0.353 e. The zero-order valence-corrected chi connectivity index (χ0v) is 12.0. The fourth-order valence-corrected chi connectivity index (χ4v) is 2.73. The summed E-state index contributed by atoms with van der Waals surface area (Å²) in [5.74, 6) is -0.994. The van der Waals surface area contributed by atoms with Crippen LogP contribution in [0.4, 0.5) is 4.39 Å². The van der Waals surface area contributed by atoms with Crippen molar-refractivity contribution in [2.75, 3.05) is 0 Å². The Bertz CT molecular complexity index is 668. The lowest BCUT2D eigenvalue weighted by Gasteiger charge is -2.27. The van der Waals surface area contributed by atoms with E-state index < -0.39 is 5.92 Å². The summed E-state index contributed by atoms with van der Waals surface area (Å²) < 4.78 is 13.1. The maximum absolute atomic E-state index is 13.1. The van der Waals surface area contributed by atoms with Gasteiger partial charge in [-0.3, -0.25) is 4.79 Å². The molecule has 1 atom stereocenters. The van der Waals surface area contributed by atoms with Gasteiger partial charge in [-0.05, 0) is 31.5 Å². The van der Waals surface area contributed by atoms with Gasteiger partial charge in [-0.15, -0.1) is 12.6 Å². The molecule has 1 aliphatic heterocycles. The number of Topliss-reactive ketones (excluding diaryl/α,β-unsaturated/α-hetero) is 1. The number of nitrogens with zero attached hydrogens (tertiary/aromatic N) is 1. The standard InChI is InChI=1S/C15H13FN2OS/c1-8-13(9(2)19)14(12(7-17)15(20)18-8)10-3-5-11(16)6-4-10/h3-6,14,18,20H,1-2H3. The summed E-state index contributed by atoms with van der Waals surface area (Å²) in [5.41, 5.74) is 2.22. The van der Waals surface area contributed by atoms with Crippen molar-refractivity contribution in [3.8, 4) is 6.07 Å². The zero-order chi connectivity index (χ0) is 14.9. The number of carbonyl (C=O) groups excluding carboxylic acids is 1. The molecule has 102 valence electrons. The Hall–Kier alpha value is -2.06. The first kappa shape index (κ1) is 14.4. The van der Waals surface area contributed by atoms with Crippen LogP contribution in [0.2, 0.25) is 0 Å². The number of ketones is 1. The van der Waals surface area contributed by atoms with Gasteiger partial charge in [0.25, 0.3) is 0 Å². The number of benzene rings is 1. The average molecular weight is 288 g/mol. The Kier molecular flexibility index (Phi) is 3.96. The van der Waals surface area contributed by atoms with Crippen molar-refractivity contribution in [3.63, 3.8) is 0 Å². The second-order valence-electron chi connectivity index (χ2n) is 4.58. The molecule has 0 saturated heterocycles. The van der Waals surface area contributed by atoms with Crippen LogP contribution in [-0.4, -0.2) is 5.78 Å². The summed E-state index contributed by atoms with van der Waals surface area (Å²) in [5, 5.41) is 12.7. The fraction of sp³-hybridized carbons (Fsp3) is 0.200. The van der Waals surface area contributed by atoms with Crippen LogP contribution in [0.15, 0.2) is 46.1 Å². The number of hydrogen-bond donors (Lipinski definition) is 2. The minimum atomic E-state index is -0.508. The molecule has 0 radical (unpaired) electrons. The van der Waals surface area contributed by atoms with Gasteiger partial charge in [0, 0.05) is 11.3 Å². The molecule has 0 bridgehead atoms. The third-order valence-corrected chi connectivity index (χ3v) is 3.60. The molecule has 1 aromatic rings. The molecule has 0 saturated carbocycles. The Morgan fingerprint density at radius 2 is 2.00 bits per heavy atom. The summed E-state index contributed by atoms with van der Waals surface area (Å²) >= 11 is 4.26. The van der Waals surface area contributed by atoms with Crippen molar-refractivity contribution in [2.45, 2.75) is 19.8 Å². The van der Waals surface area contributed by atoms with Crippen LogP contribution in [-0.2, 0) is 4.79 Å². The topological polar surface area (TPSA) is 52.9 Å². The first-order chi connectivity index (χ1) is 9.45. The second kappa shape index (κ2) is 5.51. The number of nitrogens with one attached hydrogen (secondary N) is 1. The number of allylic oxidation sites excluding steroid dienone is 3. The highest BCUT2D eigenvalue weighted by atomic mass is 32.1. The van der Waals surface area contributed by atoms with E-state index in [0.717, 1.165) is 0 Å². The SMILES string of the molecule is CC(=O)C1=C(C)NC(S)=C(C#N)C1c1ccc(F)cc1. The number of rotatable bonds is 2. The van der Waals surface area contributed by atoms with E-state index in [2.05, 4.69) is 24.0 Å². The summed E-state index contributed by atoms with van der Waals surface area (Å²) in [6.45, 7) is 3.22. The Labute approximate surface area is 122 Å². The lowest BCUT2D eigenvalue weighted by molar-refractivity contribution is -0.113. The minimum absolute atomic E-state index is 0.127. The number of dihydropyridines is 1. The van der Waals surface area contributed by atoms with E-state index in [4.69, 9.17) is 0 Å². The number of halogens is 1. The molecule has 0 fully saturated rings. The van der Waals surface area contributed by atoms with E-state index in [-0.39, 0.29) is 11.6 Å². The van der Waals surface area contributed by atoms with Gasteiger partial charge in [0.05, 0.1) is 22.6 Å². The van der Waals surface area contributed by atoms with Crippen LogP contribution in [0.3, 0.4) is 0 Å². The monoisotopic (exact) mass is 288 g/mol. The first-order valence-corrected chi connectivity index (χ1v) is 6.47. The Morgan fingerprint density at radius 3 is 2.50 bits per heavy atom. The lowest BCUT2D eigenvalue weighted by Crippen LogP contribution is -2.26. The van der Waals surface area contributed by atoms with Gasteiger partial charge in [-0.1, -0.05) is 12.1 Å². The Morgan fingerprint density at radius 1 is 1.40 bits per heavy atom. The van der Waals surface area contributed by atoms with E-state index in [1.54, 1.807) is 19.1 Å². The molecule has 20 heavy (non-hydrogen) atoms. The third-order valence-electron chi connectivity index (χ3n) is 3.25. The van der Waals surface area contributed by atoms with Crippen molar-refractivity contribution >= 4 is 18.4 Å². The second-order valence-corrected chi connectivity index (χ2v) is 5.03. The lowest BCUT2D eigenvalue weighted by atomic mass is 9.81. The van der Waals surface area contributed by atoms with Gasteiger partial charge < -0.3 is 5.32 Å². The van der Waals surface area contributed by atoms with Gasteiger partial charge in [0.2, 0.25) is 0 Å². The van der Waals surface area contributed by atoms with Crippen molar-refractivity contribution in [1.29, 1.82) is 5.26 Å². The molecule has 5 heteroatoms. The Balaban J connectivity index is 2.64. The molecule has 1 aromatic carbocycles. The highest BCUT2D eigenvalue weighted by Gasteiger charge is 2.31. The zero-order valence-electron chi connectivity index (χ0n) is 11.1. The maximum Gasteiger partial charge on any atom is 0.158 e. The summed E-state index contributed by atoms with van der Waals surface area (Å²) in [4.78, 5) is 11.9. The van der Waals surface area contributed by atoms with Crippen molar-refractivity contribution in [2.24, 2.45) is 0 Å². The summed E-state index contributed by atoms with van der Waals surface area (Å²) in [6.07, 6.45) is 0. The molecule has 0 aliphatic carbocycles. The van der Waals surface area contributed by atoms with E-state index in [1.165, 1.54) is 19.1 Å². The summed E-state index contributed by atoms with van der Waals surface area (Å²) in [6, 6.07) is 7.88. The first-order valence-electron chi connectivity index (χ1n) is 6.03. The predicted molar refractivity (Wildman–Crippen MR) is 77.3 cm³/mol. The molecule has 1 N–H and O–H groups in total.